The number of carbonyl (C=O) groups is 1. The molecule has 0 bridgehead atoms. The summed E-state index contributed by atoms with van der Waals surface area (Å²) in [6, 6.07) is 23.6. The lowest BCUT2D eigenvalue weighted by atomic mass is 10.2. The number of hydrogen-bond acceptors (Lipinski definition) is 7. The van der Waals surface area contributed by atoms with Gasteiger partial charge in [-0.15, -0.1) is 22.0 Å². The maximum atomic E-state index is 12.8. The normalized spacial score (nSPS) is 10.7. The zero-order valence-corrected chi connectivity index (χ0v) is 21.4. The average molecular weight is 507 g/mol. The van der Waals surface area contributed by atoms with E-state index >= 15 is 0 Å². The lowest BCUT2D eigenvalue weighted by Gasteiger charge is -2.12. The van der Waals surface area contributed by atoms with Crippen LogP contribution in [0, 0.1) is 6.92 Å². The van der Waals surface area contributed by atoms with Crippen LogP contribution in [0.5, 0.6) is 11.5 Å². The summed E-state index contributed by atoms with van der Waals surface area (Å²) in [5.41, 5.74) is 2.73. The molecule has 0 aliphatic rings. The number of rotatable bonds is 10. The number of para-hydroxylation sites is 1. The largest absolute Gasteiger partial charge is 0.497 e. The highest BCUT2D eigenvalue weighted by Gasteiger charge is 2.17. The second-order valence-electron chi connectivity index (χ2n) is 7.57. The Labute approximate surface area is 213 Å². The number of nitrogens with one attached hydrogen (secondary N) is 1. The van der Waals surface area contributed by atoms with Crippen LogP contribution in [0.2, 0.25) is 0 Å². The van der Waals surface area contributed by atoms with Crippen molar-refractivity contribution in [1.29, 1.82) is 0 Å². The van der Waals surface area contributed by atoms with Crippen molar-refractivity contribution in [3.63, 3.8) is 0 Å². The molecule has 0 unspecified atom stereocenters. The molecule has 0 fully saturated rings. The first-order chi connectivity index (χ1) is 17.1. The van der Waals surface area contributed by atoms with Crippen molar-refractivity contribution in [3.05, 3.63) is 84.2 Å². The van der Waals surface area contributed by atoms with E-state index in [1.165, 1.54) is 22.2 Å². The van der Waals surface area contributed by atoms with Crippen molar-refractivity contribution in [1.82, 2.24) is 14.8 Å². The van der Waals surface area contributed by atoms with Crippen LogP contribution in [-0.2, 0) is 10.5 Å². The quantitative estimate of drug-likeness (QED) is 0.280. The van der Waals surface area contributed by atoms with Crippen molar-refractivity contribution in [2.24, 2.45) is 0 Å². The van der Waals surface area contributed by atoms with Crippen LogP contribution in [0.1, 0.15) is 11.4 Å². The summed E-state index contributed by atoms with van der Waals surface area (Å²) < 4.78 is 12.6. The molecule has 0 aliphatic carbocycles. The van der Waals surface area contributed by atoms with Crippen LogP contribution >= 0.6 is 23.5 Å². The van der Waals surface area contributed by atoms with Crippen molar-refractivity contribution in [2.45, 2.75) is 22.7 Å². The predicted molar refractivity (Wildman–Crippen MR) is 141 cm³/mol. The maximum Gasteiger partial charge on any atom is 0.234 e. The second-order valence-corrected chi connectivity index (χ2v) is 9.57. The summed E-state index contributed by atoms with van der Waals surface area (Å²) >= 11 is 3.03. The summed E-state index contributed by atoms with van der Waals surface area (Å²) in [7, 11) is 3.14. The molecule has 0 atom stereocenters. The topological polar surface area (TPSA) is 78.3 Å². The van der Waals surface area contributed by atoms with E-state index in [0.29, 0.717) is 28.1 Å². The molecule has 4 aromatic rings. The molecule has 0 aliphatic heterocycles. The molecule has 1 heterocycles. The SMILES string of the molecule is COc1ccc(OC)c(NC(=O)CSc2nnc(CSc3ccc(C)cc3)n2-c2ccccc2)c1. The first-order valence-corrected chi connectivity index (χ1v) is 12.9. The van der Waals surface area contributed by atoms with E-state index in [2.05, 4.69) is 46.7 Å². The molecule has 180 valence electrons. The number of carbonyl (C=O) groups excluding carboxylic acids is 1. The van der Waals surface area contributed by atoms with Crippen molar-refractivity contribution in [3.8, 4) is 17.2 Å². The van der Waals surface area contributed by atoms with Gasteiger partial charge in [-0.2, -0.15) is 0 Å². The molecule has 1 N–H and O–H groups in total. The molecule has 9 heteroatoms. The third-order valence-electron chi connectivity index (χ3n) is 5.12. The molecule has 0 radical (unpaired) electrons. The highest BCUT2D eigenvalue weighted by Crippen LogP contribution is 2.30. The minimum atomic E-state index is -0.181. The van der Waals surface area contributed by atoms with Crippen molar-refractivity contribution >= 4 is 35.1 Å². The lowest BCUT2D eigenvalue weighted by Crippen LogP contribution is -2.15. The lowest BCUT2D eigenvalue weighted by molar-refractivity contribution is -0.113. The number of aryl methyl sites for hydroxylation is 1. The van der Waals surface area contributed by atoms with E-state index in [0.717, 1.165) is 11.5 Å². The van der Waals surface area contributed by atoms with Gasteiger partial charge >= 0.3 is 0 Å². The summed E-state index contributed by atoms with van der Waals surface area (Å²) in [6.07, 6.45) is 0. The minimum absolute atomic E-state index is 0.163. The Morgan fingerprint density at radius 3 is 2.43 bits per heavy atom. The van der Waals surface area contributed by atoms with Crippen molar-refractivity contribution < 1.29 is 14.3 Å². The van der Waals surface area contributed by atoms with Crippen LogP contribution in [0.15, 0.2) is 82.8 Å². The third-order valence-corrected chi connectivity index (χ3v) is 7.05. The number of anilines is 1. The van der Waals surface area contributed by atoms with Gasteiger partial charge in [0, 0.05) is 16.6 Å². The summed E-state index contributed by atoms with van der Waals surface area (Å²) in [5, 5.41) is 12.4. The monoisotopic (exact) mass is 506 g/mol. The second kappa shape index (κ2) is 11.8. The van der Waals surface area contributed by atoms with Crippen LogP contribution in [0.4, 0.5) is 5.69 Å². The smallest absolute Gasteiger partial charge is 0.234 e. The van der Waals surface area contributed by atoms with E-state index in [9.17, 15) is 4.79 Å². The number of benzene rings is 3. The fourth-order valence-electron chi connectivity index (χ4n) is 3.33. The van der Waals surface area contributed by atoms with E-state index in [1.807, 2.05) is 34.9 Å². The number of ether oxygens (including phenoxy) is 2. The zero-order valence-electron chi connectivity index (χ0n) is 19.7. The Balaban J connectivity index is 1.49. The number of nitrogens with zero attached hydrogens (tertiary/aromatic N) is 3. The molecule has 3 aromatic carbocycles. The van der Waals surface area contributed by atoms with E-state index in [4.69, 9.17) is 9.47 Å². The average Bonchev–Trinajstić information content (AvgIpc) is 3.30. The Morgan fingerprint density at radius 1 is 0.943 bits per heavy atom. The Hall–Kier alpha value is -3.43. The minimum Gasteiger partial charge on any atom is -0.497 e. The molecule has 1 amide bonds. The zero-order chi connectivity index (χ0) is 24.6. The molecule has 1 aromatic heterocycles. The van der Waals surface area contributed by atoms with Crippen LogP contribution in [0.25, 0.3) is 5.69 Å². The van der Waals surface area contributed by atoms with Gasteiger partial charge in [0.15, 0.2) is 5.16 Å². The highest BCUT2D eigenvalue weighted by molar-refractivity contribution is 7.99. The highest BCUT2D eigenvalue weighted by atomic mass is 32.2. The summed E-state index contributed by atoms with van der Waals surface area (Å²) in [4.78, 5) is 13.9. The summed E-state index contributed by atoms with van der Waals surface area (Å²) in [5.74, 6) is 2.65. The molecule has 0 spiro atoms. The van der Waals surface area contributed by atoms with Crippen molar-refractivity contribution in [2.75, 3.05) is 25.3 Å². The molecular weight excluding hydrogens is 480 g/mol. The standard InChI is InChI=1S/C26H26N4O3S2/c1-18-9-12-21(13-10-18)34-16-24-28-29-26(30(24)19-7-5-4-6-8-19)35-17-25(31)27-22-15-20(32-2)11-14-23(22)33-3/h4-15H,16-17H2,1-3H3,(H,27,31). The Kier molecular flexibility index (Phi) is 8.33. The van der Waals surface area contributed by atoms with E-state index < -0.39 is 0 Å². The van der Waals surface area contributed by atoms with Gasteiger partial charge in [0.25, 0.3) is 0 Å². The number of methoxy groups -OCH3 is 2. The van der Waals surface area contributed by atoms with Gasteiger partial charge in [0.2, 0.25) is 5.91 Å². The van der Waals surface area contributed by atoms with E-state index in [-0.39, 0.29) is 11.7 Å². The summed E-state index contributed by atoms with van der Waals surface area (Å²) in [6.45, 7) is 2.07. The molecule has 35 heavy (non-hydrogen) atoms. The number of thioether (sulfide) groups is 2. The fraction of sp³-hybridized carbons (Fsp3) is 0.192. The first-order valence-electron chi connectivity index (χ1n) is 10.9. The molecular formula is C26H26N4O3S2. The Bertz CT molecular complexity index is 1280. The maximum absolute atomic E-state index is 12.8. The first kappa shape index (κ1) is 24.7. The molecule has 0 saturated heterocycles. The van der Waals surface area contributed by atoms with Crippen LogP contribution in [0.3, 0.4) is 0 Å². The number of amides is 1. The molecule has 4 rings (SSSR count). The number of hydrogen-bond donors (Lipinski definition) is 1. The predicted octanol–water partition coefficient (Wildman–Crippen LogP) is 5.62. The van der Waals surface area contributed by atoms with Gasteiger partial charge in [-0.05, 0) is 43.3 Å². The van der Waals surface area contributed by atoms with Gasteiger partial charge in [-0.1, -0.05) is 47.7 Å². The number of aromatic nitrogens is 3. The van der Waals surface area contributed by atoms with Gasteiger partial charge in [0.1, 0.15) is 17.3 Å². The van der Waals surface area contributed by atoms with Gasteiger partial charge in [-0.25, -0.2) is 0 Å². The van der Waals surface area contributed by atoms with E-state index in [1.54, 1.807) is 44.2 Å². The third kappa shape index (κ3) is 6.37. The van der Waals surface area contributed by atoms with Gasteiger partial charge < -0.3 is 14.8 Å². The Morgan fingerprint density at radius 2 is 1.71 bits per heavy atom. The van der Waals surface area contributed by atoms with Crippen LogP contribution < -0.4 is 14.8 Å². The van der Waals surface area contributed by atoms with Crippen LogP contribution in [-0.4, -0.2) is 40.6 Å². The molecule has 7 nitrogen and oxygen atoms in total. The molecule has 0 saturated carbocycles. The fourth-order valence-corrected chi connectivity index (χ4v) is 4.92. The van der Waals surface area contributed by atoms with Gasteiger partial charge in [-0.3, -0.25) is 9.36 Å². The van der Waals surface area contributed by atoms with Gasteiger partial charge in [0.05, 0.1) is 31.4 Å².